The Kier molecular flexibility index (Phi) is 10.7. The van der Waals surface area contributed by atoms with Crippen LogP contribution in [0.2, 0.25) is 0 Å². The molecule has 0 saturated heterocycles. The number of nitriles is 1. The van der Waals surface area contributed by atoms with Crippen molar-refractivity contribution in [2.24, 2.45) is 16.0 Å². The maximum Gasteiger partial charge on any atom is 0.196 e. The van der Waals surface area contributed by atoms with Gasteiger partial charge in [-0.25, -0.2) is 22.2 Å². The smallest absolute Gasteiger partial charge is 0.196 e. The highest BCUT2D eigenvalue weighted by Gasteiger charge is 2.25. The summed E-state index contributed by atoms with van der Waals surface area (Å²) in [7, 11) is 0. The lowest BCUT2D eigenvalue weighted by molar-refractivity contribution is 0.527. The number of aromatic nitrogens is 2. The summed E-state index contributed by atoms with van der Waals surface area (Å²) in [6.45, 7) is 6.17. The second-order valence-corrected chi connectivity index (χ2v) is 9.49. The van der Waals surface area contributed by atoms with Gasteiger partial charge in [0.25, 0.3) is 0 Å². The summed E-state index contributed by atoms with van der Waals surface area (Å²) in [6.07, 6.45) is 6.50. The van der Waals surface area contributed by atoms with Crippen LogP contribution in [0.5, 0.6) is 0 Å². The van der Waals surface area contributed by atoms with Crippen molar-refractivity contribution in [1.82, 2.24) is 9.78 Å². The van der Waals surface area contributed by atoms with Crippen molar-refractivity contribution in [3.63, 3.8) is 0 Å². The van der Waals surface area contributed by atoms with Crippen LogP contribution in [0.4, 0.5) is 34.8 Å². The Morgan fingerprint density at radius 3 is 2.25 bits per heavy atom. The summed E-state index contributed by atoms with van der Waals surface area (Å²) in [5, 5.41) is 21.8. The van der Waals surface area contributed by atoms with Gasteiger partial charge in [0.05, 0.1) is 11.4 Å². The predicted molar refractivity (Wildman–Crippen MR) is 146 cm³/mol. The third-order valence-corrected chi connectivity index (χ3v) is 6.17. The fourth-order valence-corrected chi connectivity index (χ4v) is 4.15. The van der Waals surface area contributed by atoms with Gasteiger partial charge in [0.2, 0.25) is 0 Å². The van der Waals surface area contributed by atoms with Crippen molar-refractivity contribution < 1.29 is 17.6 Å². The summed E-state index contributed by atoms with van der Waals surface area (Å²) in [5.74, 6) is -5.01. The van der Waals surface area contributed by atoms with Crippen molar-refractivity contribution >= 4 is 17.2 Å². The molecule has 3 rings (SSSR count). The Hall–Kier alpha value is -4.38. The van der Waals surface area contributed by atoms with Gasteiger partial charge in [-0.05, 0) is 24.5 Å². The van der Waals surface area contributed by atoms with E-state index in [1.165, 1.54) is 25.0 Å². The van der Waals surface area contributed by atoms with Crippen molar-refractivity contribution in [3.05, 3.63) is 64.9 Å². The van der Waals surface area contributed by atoms with Crippen molar-refractivity contribution in [2.75, 3.05) is 11.4 Å². The molecule has 40 heavy (non-hydrogen) atoms. The van der Waals surface area contributed by atoms with Crippen LogP contribution in [-0.2, 0) is 0 Å². The van der Waals surface area contributed by atoms with Crippen molar-refractivity contribution in [2.45, 2.75) is 65.2 Å². The summed E-state index contributed by atoms with van der Waals surface area (Å²) < 4.78 is 58.6. The van der Waals surface area contributed by atoms with Gasteiger partial charge in [0.15, 0.2) is 23.3 Å². The van der Waals surface area contributed by atoms with E-state index in [9.17, 15) is 18.4 Å². The molecule has 2 aromatic carbocycles. The quantitative estimate of drug-likeness (QED) is 0.0811. The highest BCUT2D eigenvalue weighted by molar-refractivity contribution is 5.59. The molecule has 0 atom stereocenters. The molecule has 0 radical (unpaired) electrons. The number of rotatable bonds is 12. The zero-order valence-corrected chi connectivity index (χ0v) is 22.7. The number of hydrogen-bond acceptors (Lipinski definition) is 6. The van der Waals surface area contributed by atoms with Crippen LogP contribution in [0.3, 0.4) is 0 Å². The van der Waals surface area contributed by atoms with Crippen LogP contribution >= 0.6 is 0 Å². The van der Waals surface area contributed by atoms with E-state index in [-0.39, 0.29) is 28.7 Å². The molecule has 3 aromatic rings. The fraction of sp³-hybridized carbons (Fsp3) is 0.379. The van der Waals surface area contributed by atoms with E-state index in [4.69, 9.17) is 5.73 Å². The summed E-state index contributed by atoms with van der Waals surface area (Å²) in [4.78, 5) is 1.65. The van der Waals surface area contributed by atoms with Crippen LogP contribution in [-0.4, -0.2) is 16.3 Å². The van der Waals surface area contributed by atoms with E-state index >= 15 is 4.39 Å². The standard InChI is InChI=1S/C29H31F4N7/c1-4-5-6-7-8-9-13-39(14-12-34)21-10-11-26(23(31)17-21)36-37-29-22(18-35)27(19(2)3)38-40(29)28-24(32)15-20(30)16-25(28)33/h10-11,15-17,19H,4-9,13,34H2,1-3H3. The molecule has 0 aliphatic rings. The van der Waals surface area contributed by atoms with Gasteiger partial charge in [-0.3, -0.25) is 4.90 Å². The van der Waals surface area contributed by atoms with Gasteiger partial charge < -0.3 is 5.73 Å². The Labute approximate surface area is 231 Å². The van der Waals surface area contributed by atoms with Crippen LogP contribution in [0.25, 0.3) is 5.69 Å². The molecule has 0 aliphatic heterocycles. The third-order valence-electron chi connectivity index (χ3n) is 6.17. The zero-order chi connectivity index (χ0) is 29.2. The molecule has 0 saturated carbocycles. The van der Waals surface area contributed by atoms with Crippen molar-refractivity contribution in [1.29, 1.82) is 5.26 Å². The summed E-state index contributed by atoms with van der Waals surface area (Å²) in [5.41, 5.74) is 5.07. The largest absolute Gasteiger partial charge is 0.358 e. The number of anilines is 1. The van der Waals surface area contributed by atoms with E-state index < -0.39 is 29.0 Å². The maximum absolute atomic E-state index is 15.1. The molecule has 2 N–H and O–H groups in total. The number of azo groups is 1. The molecule has 7 nitrogen and oxygen atoms in total. The second-order valence-electron chi connectivity index (χ2n) is 9.49. The lowest BCUT2D eigenvalue weighted by Crippen LogP contribution is -2.18. The topological polar surface area (TPSA) is 95.6 Å². The average molecular weight is 554 g/mol. The van der Waals surface area contributed by atoms with E-state index in [2.05, 4.69) is 34.3 Å². The van der Waals surface area contributed by atoms with Gasteiger partial charge in [-0.1, -0.05) is 52.9 Å². The minimum Gasteiger partial charge on any atom is -0.358 e. The van der Waals surface area contributed by atoms with Gasteiger partial charge in [-0.2, -0.15) is 10.4 Å². The summed E-state index contributed by atoms with van der Waals surface area (Å²) >= 11 is 0. The predicted octanol–water partition coefficient (Wildman–Crippen LogP) is 7.88. The summed E-state index contributed by atoms with van der Waals surface area (Å²) in [6, 6.07) is 12.2. The first-order valence-corrected chi connectivity index (χ1v) is 13.1. The molecule has 0 bridgehead atoms. The van der Waals surface area contributed by atoms with Gasteiger partial charge in [0, 0.05) is 36.8 Å². The molecular weight excluding hydrogens is 522 g/mol. The lowest BCUT2D eigenvalue weighted by atomic mass is 10.1. The minimum absolute atomic E-state index is 0.0952. The molecule has 0 aliphatic carbocycles. The molecule has 0 spiro atoms. The second kappa shape index (κ2) is 14.1. The Morgan fingerprint density at radius 1 is 0.975 bits per heavy atom. The molecule has 1 aromatic heterocycles. The minimum atomic E-state index is -1.25. The van der Waals surface area contributed by atoms with Gasteiger partial charge >= 0.3 is 0 Å². The number of benzene rings is 2. The molecular formula is C29H31F4N7. The van der Waals surface area contributed by atoms with Crippen LogP contribution in [0, 0.1) is 46.7 Å². The number of unbranched alkanes of at least 4 members (excludes halogenated alkanes) is 5. The molecule has 0 fully saturated rings. The SMILES string of the molecule is CCCCCCCCN(C#CN)c1ccc(N=Nc2c(C#N)c(C(C)C)nn2-c2c(F)cc(F)cc2F)c(F)c1. The number of nitrogens with two attached hydrogens (primary N) is 1. The van der Waals surface area contributed by atoms with E-state index in [1.54, 1.807) is 24.8 Å². The van der Waals surface area contributed by atoms with Crippen molar-refractivity contribution in [3.8, 4) is 23.8 Å². The Bertz CT molecular complexity index is 1440. The average Bonchev–Trinajstić information content (AvgIpc) is 3.27. The number of halogens is 4. The molecule has 0 unspecified atom stereocenters. The fourth-order valence-electron chi connectivity index (χ4n) is 4.15. The molecule has 210 valence electrons. The third kappa shape index (κ3) is 7.17. The van der Waals surface area contributed by atoms with Gasteiger partial charge in [0.1, 0.15) is 28.8 Å². The molecule has 0 amide bonds. The Balaban J connectivity index is 1.94. The molecule has 11 heteroatoms. The normalized spacial score (nSPS) is 11.1. The van der Waals surface area contributed by atoms with E-state index in [1.807, 2.05) is 6.07 Å². The first-order chi connectivity index (χ1) is 19.2. The van der Waals surface area contributed by atoms with Crippen LogP contribution in [0.15, 0.2) is 40.6 Å². The zero-order valence-electron chi connectivity index (χ0n) is 22.7. The van der Waals surface area contributed by atoms with E-state index in [0.29, 0.717) is 24.4 Å². The van der Waals surface area contributed by atoms with Crippen LogP contribution < -0.4 is 10.6 Å². The first kappa shape index (κ1) is 30.2. The highest BCUT2D eigenvalue weighted by atomic mass is 19.1. The molecule has 1 heterocycles. The van der Waals surface area contributed by atoms with Gasteiger partial charge in [-0.15, -0.1) is 10.2 Å². The monoisotopic (exact) mass is 553 g/mol. The Morgan fingerprint density at radius 2 is 1.65 bits per heavy atom. The number of nitrogens with zero attached hydrogens (tertiary/aromatic N) is 6. The van der Waals surface area contributed by atoms with Crippen LogP contribution in [0.1, 0.15) is 76.5 Å². The van der Waals surface area contributed by atoms with E-state index in [0.717, 1.165) is 30.4 Å². The lowest BCUT2D eigenvalue weighted by Gasteiger charge is -2.18. The number of hydrogen-bond donors (Lipinski definition) is 1. The maximum atomic E-state index is 15.1. The highest BCUT2D eigenvalue weighted by Crippen LogP contribution is 2.34. The first-order valence-electron chi connectivity index (χ1n) is 13.1.